The first kappa shape index (κ1) is 19.6. The van der Waals surface area contributed by atoms with Crippen LogP contribution < -0.4 is 0 Å². The molecule has 31 heavy (non-hydrogen) atoms. The van der Waals surface area contributed by atoms with Crippen LogP contribution >= 0.6 is 11.3 Å². The van der Waals surface area contributed by atoms with Crippen LogP contribution in [0, 0.1) is 11.6 Å². The van der Waals surface area contributed by atoms with Crippen LogP contribution in [0.25, 0.3) is 11.3 Å². The molecule has 0 fully saturated rings. The topological polar surface area (TPSA) is 64.2 Å². The minimum Gasteiger partial charge on any atom is -0.355 e. The summed E-state index contributed by atoms with van der Waals surface area (Å²) in [6, 6.07) is 6.45. The fraction of sp³-hybridized carbons (Fsp3) is 0.227. The van der Waals surface area contributed by atoms with E-state index in [1.807, 2.05) is 37.8 Å². The summed E-state index contributed by atoms with van der Waals surface area (Å²) in [5, 5.41) is 10.2. The van der Waals surface area contributed by atoms with Gasteiger partial charge in [-0.25, -0.2) is 8.78 Å². The molecular weight excluding hydrogens is 422 g/mol. The van der Waals surface area contributed by atoms with E-state index in [1.54, 1.807) is 20.9 Å². The molecule has 2 atom stereocenters. The Labute approximate surface area is 180 Å². The van der Waals surface area contributed by atoms with Gasteiger partial charge in [-0.2, -0.15) is 5.10 Å². The second kappa shape index (κ2) is 7.42. The van der Waals surface area contributed by atoms with E-state index in [0.717, 1.165) is 23.3 Å². The Morgan fingerprint density at radius 3 is 2.84 bits per heavy atom. The fourth-order valence-electron chi connectivity index (χ4n) is 4.04. The van der Waals surface area contributed by atoms with Gasteiger partial charge in [-0.15, -0.1) is 11.3 Å². The maximum atomic E-state index is 14.1. The number of benzene rings is 1. The molecule has 0 saturated carbocycles. The van der Waals surface area contributed by atoms with Crippen molar-refractivity contribution in [3.8, 4) is 11.3 Å². The lowest BCUT2D eigenvalue weighted by atomic mass is 9.89. The third-order valence-electron chi connectivity index (χ3n) is 5.65. The smallest absolute Gasteiger partial charge is 0.276 e. The van der Waals surface area contributed by atoms with Gasteiger partial charge < -0.3 is 9.42 Å². The summed E-state index contributed by atoms with van der Waals surface area (Å²) in [6.07, 6.45) is 3.77. The van der Waals surface area contributed by atoms with Crippen molar-refractivity contribution < 1.29 is 18.1 Å². The molecule has 3 aromatic heterocycles. The molecule has 4 heterocycles. The number of rotatable bonds is 3. The first-order valence-corrected chi connectivity index (χ1v) is 10.6. The monoisotopic (exact) mass is 440 g/mol. The zero-order chi connectivity index (χ0) is 21.7. The molecule has 158 valence electrons. The Kier molecular flexibility index (Phi) is 4.70. The Morgan fingerprint density at radius 2 is 2.10 bits per heavy atom. The van der Waals surface area contributed by atoms with Crippen molar-refractivity contribution in [3.05, 3.63) is 81.4 Å². The lowest BCUT2D eigenvalue weighted by Gasteiger charge is -2.37. The zero-order valence-electron chi connectivity index (χ0n) is 16.8. The molecule has 1 aliphatic rings. The van der Waals surface area contributed by atoms with E-state index < -0.39 is 11.6 Å². The summed E-state index contributed by atoms with van der Waals surface area (Å²) in [4.78, 5) is 16.3. The molecule has 9 heteroatoms. The van der Waals surface area contributed by atoms with Gasteiger partial charge in [0.1, 0.15) is 11.6 Å². The summed E-state index contributed by atoms with van der Waals surface area (Å²) in [5.74, 6) is -1.70. The minimum absolute atomic E-state index is 0.00441. The van der Waals surface area contributed by atoms with E-state index in [2.05, 4.69) is 10.3 Å². The van der Waals surface area contributed by atoms with Crippen molar-refractivity contribution in [1.82, 2.24) is 19.8 Å². The third kappa shape index (κ3) is 3.34. The van der Waals surface area contributed by atoms with Crippen molar-refractivity contribution in [2.24, 2.45) is 7.05 Å². The number of carbonyl (C=O) groups excluding carboxylic acids is 1. The van der Waals surface area contributed by atoms with Gasteiger partial charge in [0.15, 0.2) is 11.5 Å². The summed E-state index contributed by atoms with van der Waals surface area (Å²) >= 11 is 1.67. The Hall–Kier alpha value is -3.33. The third-order valence-corrected chi connectivity index (χ3v) is 6.70. The number of amides is 1. The average molecular weight is 440 g/mol. The van der Waals surface area contributed by atoms with Crippen LogP contribution in [0.3, 0.4) is 0 Å². The van der Waals surface area contributed by atoms with E-state index in [4.69, 9.17) is 4.52 Å². The molecule has 0 aliphatic carbocycles. The van der Waals surface area contributed by atoms with Gasteiger partial charge in [0.2, 0.25) is 0 Å². The molecule has 5 rings (SSSR count). The van der Waals surface area contributed by atoms with Crippen LogP contribution in [0.2, 0.25) is 0 Å². The Balaban J connectivity index is 1.47. The van der Waals surface area contributed by atoms with Crippen molar-refractivity contribution in [1.29, 1.82) is 0 Å². The number of hydrogen-bond donors (Lipinski definition) is 0. The van der Waals surface area contributed by atoms with Gasteiger partial charge in [0, 0.05) is 48.3 Å². The molecular formula is C22H18F2N4O2S. The number of hydrogen-bond acceptors (Lipinski definition) is 5. The van der Waals surface area contributed by atoms with E-state index in [-0.39, 0.29) is 34.9 Å². The van der Waals surface area contributed by atoms with Crippen LogP contribution in [0.5, 0.6) is 0 Å². The van der Waals surface area contributed by atoms with Crippen LogP contribution in [-0.4, -0.2) is 32.3 Å². The number of aromatic nitrogens is 3. The summed E-state index contributed by atoms with van der Waals surface area (Å²) in [5.41, 5.74) is 2.25. The molecule has 6 nitrogen and oxygen atoms in total. The van der Waals surface area contributed by atoms with E-state index in [1.165, 1.54) is 17.0 Å². The van der Waals surface area contributed by atoms with Crippen LogP contribution in [0.4, 0.5) is 8.78 Å². The van der Waals surface area contributed by atoms with E-state index in [9.17, 15) is 13.6 Å². The highest BCUT2D eigenvalue weighted by Gasteiger charge is 2.37. The fourth-order valence-corrected chi connectivity index (χ4v) is 5.15. The van der Waals surface area contributed by atoms with Crippen LogP contribution in [-0.2, 0) is 7.05 Å². The molecule has 0 bridgehead atoms. The SMILES string of the molecule is C[C@@H]1c2ccsc2[C@@H](c2cnn(C)c2)CN1C(=O)c1cc(-c2ccc(F)cc2F)on1. The molecule has 0 saturated heterocycles. The van der Waals surface area contributed by atoms with Gasteiger partial charge >= 0.3 is 0 Å². The Morgan fingerprint density at radius 1 is 1.26 bits per heavy atom. The maximum Gasteiger partial charge on any atom is 0.276 e. The average Bonchev–Trinajstić information content (AvgIpc) is 3.48. The van der Waals surface area contributed by atoms with Gasteiger partial charge in [0.05, 0.1) is 17.8 Å². The molecule has 0 unspecified atom stereocenters. The number of halogens is 2. The molecule has 4 aromatic rings. The van der Waals surface area contributed by atoms with Gasteiger partial charge in [0.25, 0.3) is 5.91 Å². The molecule has 0 radical (unpaired) electrons. The highest BCUT2D eigenvalue weighted by molar-refractivity contribution is 7.10. The Bertz CT molecular complexity index is 1280. The predicted molar refractivity (Wildman–Crippen MR) is 111 cm³/mol. The first-order chi connectivity index (χ1) is 14.9. The van der Waals surface area contributed by atoms with Gasteiger partial charge in [-0.3, -0.25) is 9.48 Å². The lowest BCUT2D eigenvalue weighted by molar-refractivity contribution is 0.0656. The summed E-state index contributed by atoms with van der Waals surface area (Å²) in [6.45, 7) is 2.44. The number of aryl methyl sites for hydroxylation is 1. The standard InChI is InChI=1S/C22H18F2N4O2S/c1-12-15-5-6-31-21(15)17(13-9-25-27(2)10-13)11-28(12)22(29)19-8-20(30-26-19)16-4-3-14(23)7-18(16)24/h3-10,12,17H,11H2,1-2H3/t12-,17-/m1/s1. The normalized spacial score (nSPS) is 18.3. The number of carbonyl (C=O) groups is 1. The van der Waals surface area contributed by atoms with Crippen molar-refractivity contribution >= 4 is 17.2 Å². The van der Waals surface area contributed by atoms with Gasteiger partial charge in [-0.05, 0) is 36.1 Å². The molecule has 1 aliphatic heterocycles. The number of nitrogens with zero attached hydrogens (tertiary/aromatic N) is 4. The number of thiophene rings is 1. The second-order valence-electron chi connectivity index (χ2n) is 7.57. The van der Waals surface area contributed by atoms with E-state index in [0.29, 0.717) is 6.54 Å². The van der Waals surface area contributed by atoms with Gasteiger partial charge in [-0.1, -0.05) is 5.16 Å². The van der Waals surface area contributed by atoms with Crippen molar-refractivity contribution in [2.45, 2.75) is 18.9 Å². The predicted octanol–water partition coefficient (Wildman–Crippen LogP) is 4.76. The lowest BCUT2D eigenvalue weighted by Crippen LogP contribution is -2.40. The second-order valence-corrected chi connectivity index (χ2v) is 8.52. The molecule has 0 spiro atoms. The number of fused-ring (bicyclic) bond motifs is 1. The zero-order valence-corrected chi connectivity index (χ0v) is 17.6. The highest BCUT2D eigenvalue weighted by Crippen LogP contribution is 2.42. The molecule has 1 aromatic carbocycles. The quantitative estimate of drug-likeness (QED) is 0.461. The largest absolute Gasteiger partial charge is 0.355 e. The van der Waals surface area contributed by atoms with Crippen molar-refractivity contribution in [3.63, 3.8) is 0 Å². The van der Waals surface area contributed by atoms with Crippen molar-refractivity contribution in [2.75, 3.05) is 6.54 Å². The molecule has 1 amide bonds. The van der Waals surface area contributed by atoms with Crippen LogP contribution in [0.1, 0.15) is 45.4 Å². The van der Waals surface area contributed by atoms with E-state index >= 15 is 0 Å². The maximum absolute atomic E-state index is 14.1. The summed E-state index contributed by atoms with van der Waals surface area (Å²) in [7, 11) is 1.86. The first-order valence-electron chi connectivity index (χ1n) is 9.71. The minimum atomic E-state index is -0.777. The molecule has 0 N–H and O–H groups in total. The summed E-state index contributed by atoms with van der Waals surface area (Å²) < 4.78 is 34.3. The highest BCUT2D eigenvalue weighted by atomic mass is 32.1. The van der Waals surface area contributed by atoms with Crippen LogP contribution in [0.15, 0.2) is 52.6 Å².